The molecule has 1 fully saturated rings. The molecule has 4 rings (SSSR count). The third-order valence-corrected chi connectivity index (χ3v) is 5.53. The quantitative estimate of drug-likeness (QED) is 0.692. The first-order chi connectivity index (χ1) is 14.4. The Hall–Kier alpha value is -3.27. The number of anilines is 1. The topological polar surface area (TPSA) is 87.2 Å². The first-order valence-corrected chi connectivity index (χ1v) is 9.56. The zero-order valence-electron chi connectivity index (χ0n) is 17.7. The molecule has 0 aliphatic carbocycles. The Morgan fingerprint density at radius 2 is 1.90 bits per heavy atom. The van der Waals surface area contributed by atoms with E-state index in [0.717, 1.165) is 11.4 Å². The molecule has 1 saturated heterocycles. The molecule has 2 unspecified atom stereocenters. The number of allylic oxidation sites excluding steroid dienone is 1. The van der Waals surface area contributed by atoms with E-state index in [9.17, 15) is 9.59 Å². The van der Waals surface area contributed by atoms with Crippen LogP contribution in [-0.4, -0.2) is 86.3 Å². The molecule has 0 spiro atoms. The summed E-state index contributed by atoms with van der Waals surface area (Å²) in [6.07, 6.45) is 1.28. The second kappa shape index (κ2) is 7.52. The number of carbonyl (C=O) groups is 2. The van der Waals surface area contributed by atoms with E-state index in [0.29, 0.717) is 17.5 Å². The average Bonchev–Trinajstić information content (AvgIpc) is 3.26. The van der Waals surface area contributed by atoms with E-state index in [1.165, 1.54) is 16.9 Å². The predicted octanol–water partition coefficient (Wildman–Crippen LogP) is 1.29. The van der Waals surface area contributed by atoms with E-state index in [1.54, 1.807) is 27.3 Å². The molecule has 0 N–H and O–H groups in total. The molecule has 10 heteroatoms. The third-order valence-electron chi connectivity index (χ3n) is 5.53. The Kier molecular flexibility index (Phi) is 5.02. The highest BCUT2D eigenvalue weighted by atomic mass is 16.5. The second-order valence-electron chi connectivity index (χ2n) is 7.21. The van der Waals surface area contributed by atoms with Gasteiger partial charge in [-0.2, -0.15) is 0 Å². The summed E-state index contributed by atoms with van der Waals surface area (Å²) >= 11 is 0. The molecular formula is C20H25N5O5. The number of carbonyl (C=O) groups excluding carboxylic acids is 2. The molecule has 3 heterocycles. The van der Waals surface area contributed by atoms with Crippen molar-refractivity contribution in [1.82, 2.24) is 14.7 Å². The van der Waals surface area contributed by atoms with Crippen LogP contribution in [0.1, 0.15) is 6.92 Å². The van der Waals surface area contributed by atoms with Gasteiger partial charge in [0.25, 0.3) is 5.91 Å². The van der Waals surface area contributed by atoms with Gasteiger partial charge in [0, 0.05) is 32.1 Å². The molecule has 1 aromatic carbocycles. The van der Waals surface area contributed by atoms with Crippen molar-refractivity contribution in [2.45, 2.75) is 19.1 Å². The number of benzene rings is 1. The fourth-order valence-electron chi connectivity index (χ4n) is 4.01. The van der Waals surface area contributed by atoms with Crippen LogP contribution in [0.25, 0.3) is 0 Å². The molecule has 0 aromatic heterocycles. The highest BCUT2D eigenvalue weighted by molar-refractivity contribution is 6.10. The molecule has 0 radical (unpaired) electrons. The van der Waals surface area contributed by atoms with Gasteiger partial charge in [0.2, 0.25) is 5.96 Å². The Bertz CT molecular complexity index is 946. The number of aliphatic imine (C=N–C) groups is 1. The van der Waals surface area contributed by atoms with Crippen LogP contribution < -0.4 is 14.4 Å². The summed E-state index contributed by atoms with van der Waals surface area (Å²) in [5.74, 6) is 1.57. The standard InChI is InChI=1S/C20H25N5O5/c1-12-11-24-16-17(22(2)20(27)23(18(16)26)8-9-28-3)21-19(24)25(12)14-7-6-13(29-4)10-15(14)30-5/h6-7,10-11,16-17H,8-9H2,1-5H3. The molecule has 3 aliphatic heterocycles. The maximum Gasteiger partial charge on any atom is 0.328 e. The molecular weight excluding hydrogens is 390 g/mol. The lowest BCUT2D eigenvalue weighted by Crippen LogP contribution is -2.64. The third kappa shape index (κ3) is 2.86. The highest BCUT2D eigenvalue weighted by Gasteiger charge is 2.54. The molecule has 0 bridgehead atoms. The van der Waals surface area contributed by atoms with Crippen LogP contribution in [0.3, 0.4) is 0 Å². The smallest absolute Gasteiger partial charge is 0.328 e. The van der Waals surface area contributed by atoms with Crippen LogP contribution in [0.15, 0.2) is 35.1 Å². The van der Waals surface area contributed by atoms with Gasteiger partial charge in [-0.3, -0.25) is 14.6 Å². The van der Waals surface area contributed by atoms with Gasteiger partial charge in [-0.1, -0.05) is 0 Å². The number of imide groups is 1. The number of urea groups is 1. The lowest BCUT2D eigenvalue weighted by atomic mass is 10.1. The predicted molar refractivity (Wildman–Crippen MR) is 109 cm³/mol. The number of hydrogen-bond acceptors (Lipinski definition) is 8. The van der Waals surface area contributed by atoms with E-state index in [2.05, 4.69) is 0 Å². The zero-order valence-corrected chi connectivity index (χ0v) is 17.7. The molecule has 3 aliphatic rings. The van der Waals surface area contributed by atoms with Crippen LogP contribution in [0.5, 0.6) is 11.5 Å². The van der Waals surface area contributed by atoms with Crippen molar-refractivity contribution in [3.05, 3.63) is 30.1 Å². The van der Waals surface area contributed by atoms with Gasteiger partial charge in [0.1, 0.15) is 11.5 Å². The van der Waals surface area contributed by atoms with E-state index < -0.39 is 12.2 Å². The summed E-state index contributed by atoms with van der Waals surface area (Å²) in [5, 5.41) is 0. The summed E-state index contributed by atoms with van der Waals surface area (Å²) in [6.45, 7) is 2.41. The lowest BCUT2D eigenvalue weighted by Gasteiger charge is -2.40. The van der Waals surface area contributed by atoms with Crippen LogP contribution in [0.4, 0.5) is 10.5 Å². The number of rotatable bonds is 6. The van der Waals surface area contributed by atoms with E-state index in [-0.39, 0.29) is 25.1 Å². The minimum absolute atomic E-state index is 0.198. The van der Waals surface area contributed by atoms with Gasteiger partial charge in [0.05, 0.1) is 33.1 Å². The Labute approximate surface area is 174 Å². The number of nitrogens with zero attached hydrogens (tertiary/aromatic N) is 5. The normalized spacial score (nSPS) is 22.8. The zero-order chi connectivity index (χ0) is 21.6. The fourth-order valence-corrected chi connectivity index (χ4v) is 4.01. The molecule has 160 valence electrons. The highest BCUT2D eigenvalue weighted by Crippen LogP contribution is 2.41. The number of fused-ring (bicyclic) bond motifs is 3. The van der Waals surface area contributed by atoms with Crippen LogP contribution >= 0.6 is 0 Å². The number of methoxy groups -OCH3 is 3. The Balaban J connectivity index is 1.71. The summed E-state index contributed by atoms with van der Waals surface area (Å²) in [6, 6.07) is 4.51. The number of guanidine groups is 1. The number of ether oxygens (including phenoxy) is 3. The minimum atomic E-state index is -0.622. The van der Waals surface area contributed by atoms with E-state index >= 15 is 0 Å². The summed E-state index contributed by atoms with van der Waals surface area (Å²) in [4.78, 5) is 37.1. The first-order valence-electron chi connectivity index (χ1n) is 9.56. The number of likely N-dealkylation sites (N-methyl/N-ethyl adjacent to an activating group) is 1. The maximum atomic E-state index is 13.2. The summed E-state index contributed by atoms with van der Waals surface area (Å²) < 4.78 is 15.9. The molecule has 3 amide bonds. The van der Waals surface area contributed by atoms with Crippen LogP contribution in [0, 0.1) is 0 Å². The number of hydrogen-bond donors (Lipinski definition) is 0. The molecule has 10 nitrogen and oxygen atoms in total. The largest absolute Gasteiger partial charge is 0.497 e. The van der Waals surface area contributed by atoms with Crippen molar-refractivity contribution in [2.75, 3.05) is 46.4 Å². The van der Waals surface area contributed by atoms with Crippen molar-refractivity contribution in [3.63, 3.8) is 0 Å². The molecule has 2 atom stereocenters. The van der Waals surface area contributed by atoms with Crippen molar-refractivity contribution in [2.24, 2.45) is 4.99 Å². The van der Waals surface area contributed by atoms with Crippen LogP contribution in [-0.2, 0) is 9.53 Å². The Morgan fingerprint density at radius 3 is 2.57 bits per heavy atom. The number of amides is 3. The van der Waals surface area contributed by atoms with Crippen molar-refractivity contribution in [3.8, 4) is 11.5 Å². The van der Waals surface area contributed by atoms with Crippen molar-refractivity contribution in [1.29, 1.82) is 0 Å². The van der Waals surface area contributed by atoms with Gasteiger partial charge in [0.15, 0.2) is 12.2 Å². The van der Waals surface area contributed by atoms with Gasteiger partial charge < -0.3 is 24.0 Å². The van der Waals surface area contributed by atoms with Crippen molar-refractivity contribution >= 4 is 23.6 Å². The SMILES string of the molecule is COCCN1C(=O)C2C(N=C3N(c4ccc(OC)cc4OC)C(C)=CN32)N(C)C1=O. The second-order valence-corrected chi connectivity index (χ2v) is 7.21. The summed E-state index contributed by atoms with van der Waals surface area (Å²) in [7, 11) is 6.38. The fraction of sp³-hybridized carbons (Fsp3) is 0.450. The first kappa shape index (κ1) is 20.0. The molecule has 0 saturated carbocycles. The van der Waals surface area contributed by atoms with E-state index in [1.807, 2.05) is 35.1 Å². The van der Waals surface area contributed by atoms with Gasteiger partial charge in [-0.15, -0.1) is 0 Å². The van der Waals surface area contributed by atoms with Gasteiger partial charge in [-0.25, -0.2) is 9.79 Å². The van der Waals surface area contributed by atoms with Crippen molar-refractivity contribution < 1.29 is 23.8 Å². The lowest BCUT2D eigenvalue weighted by molar-refractivity contribution is -0.137. The average molecular weight is 415 g/mol. The molecule has 1 aromatic rings. The van der Waals surface area contributed by atoms with Crippen LogP contribution in [0.2, 0.25) is 0 Å². The van der Waals surface area contributed by atoms with E-state index in [4.69, 9.17) is 19.2 Å². The maximum absolute atomic E-state index is 13.2. The monoisotopic (exact) mass is 415 g/mol. The molecule has 30 heavy (non-hydrogen) atoms. The van der Waals surface area contributed by atoms with Gasteiger partial charge in [-0.05, 0) is 19.1 Å². The van der Waals surface area contributed by atoms with Gasteiger partial charge >= 0.3 is 6.03 Å². The Morgan fingerprint density at radius 1 is 1.13 bits per heavy atom. The summed E-state index contributed by atoms with van der Waals surface area (Å²) in [5.41, 5.74) is 1.65. The minimum Gasteiger partial charge on any atom is -0.497 e.